The number of nitrogens with zero attached hydrogens (tertiary/aromatic N) is 3. The van der Waals surface area contributed by atoms with E-state index in [2.05, 4.69) is 21.8 Å². The van der Waals surface area contributed by atoms with E-state index in [9.17, 15) is 0 Å². The Hall–Kier alpha value is -1.16. The highest BCUT2D eigenvalue weighted by Gasteiger charge is 2.32. The third-order valence-electron chi connectivity index (χ3n) is 4.13. The van der Waals surface area contributed by atoms with Gasteiger partial charge in [0.2, 0.25) is 0 Å². The predicted molar refractivity (Wildman–Crippen MR) is 74.6 cm³/mol. The van der Waals surface area contributed by atoms with Crippen LogP contribution >= 0.6 is 0 Å². The standard InChI is InChI=1S/C14H24N4/c1-3-4-14(11-15)5-7-18(8-6-14)13-10-16-12(2)9-17-13/h9-10H,3-8,11,15H2,1-2H3. The van der Waals surface area contributed by atoms with Crippen LogP contribution in [0.3, 0.4) is 0 Å². The van der Waals surface area contributed by atoms with Crippen LogP contribution in [0.15, 0.2) is 12.4 Å². The van der Waals surface area contributed by atoms with E-state index in [1.165, 1.54) is 25.7 Å². The Labute approximate surface area is 110 Å². The van der Waals surface area contributed by atoms with Crippen molar-refractivity contribution in [2.24, 2.45) is 11.1 Å². The minimum atomic E-state index is 0.364. The van der Waals surface area contributed by atoms with Gasteiger partial charge in [-0.1, -0.05) is 13.3 Å². The van der Waals surface area contributed by atoms with E-state index in [0.717, 1.165) is 31.1 Å². The van der Waals surface area contributed by atoms with E-state index < -0.39 is 0 Å². The summed E-state index contributed by atoms with van der Waals surface area (Å²) in [5, 5.41) is 0. The van der Waals surface area contributed by atoms with Crippen molar-refractivity contribution in [3.63, 3.8) is 0 Å². The molecular formula is C14H24N4. The third-order valence-corrected chi connectivity index (χ3v) is 4.13. The molecule has 1 aliphatic rings. The second kappa shape index (κ2) is 5.65. The van der Waals surface area contributed by atoms with Gasteiger partial charge in [0, 0.05) is 13.1 Å². The average molecular weight is 248 g/mol. The summed E-state index contributed by atoms with van der Waals surface area (Å²) in [7, 11) is 0. The van der Waals surface area contributed by atoms with Gasteiger partial charge in [0.05, 0.1) is 18.1 Å². The highest BCUT2D eigenvalue weighted by atomic mass is 15.2. The molecule has 18 heavy (non-hydrogen) atoms. The van der Waals surface area contributed by atoms with Crippen molar-refractivity contribution in [1.29, 1.82) is 0 Å². The van der Waals surface area contributed by atoms with Crippen LogP contribution in [0.5, 0.6) is 0 Å². The Bertz CT molecular complexity index is 366. The first-order chi connectivity index (χ1) is 8.69. The van der Waals surface area contributed by atoms with Crippen LogP contribution in [0.1, 0.15) is 38.3 Å². The number of anilines is 1. The molecule has 4 heteroatoms. The highest BCUT2D eigenvalue weighted by molar-refractivity contribution is 5.36. The van der Waals surface area contributed by atoms with Gasteiger partial charge in [-0.3, -0.25) is 4.98 Å². The lowest BCUT2D eigenvalue weighted by Gasteiger charge is -2.41. The number of hydrogen-bond acceptors (Lipinski definition) is 4. The maximum Gasteiger partial charge on any atom is 0.147 e. The van der Waals surface area contributed by atoms with Gasteiger partial charge in [0.25, 0.3) is 0 Å². The van der Waals surface area contributed by atoms with Crippen LogP contribution in [0, 0.1) is 12.3 Å². The van der Waals surface area contributed by atoms with Crippen LogP contribution in [0.2, 0.25) is 0 Å². The number of hydrogen-bond donors (Lipinski definition) is 1. The molecule has 2 rings (SSSR count). The molecule has 0 unspecified atom stereocenters. The van der Waals surface area contributed by atoms with Crippen LogP contribution in [0.4, 0.5) is 5.82 Å². The molecule has 1 saturated heterocycles. The summed E-state index contributed by atoms with van der Waals surface area (Å²) in [6.07, 6.45) is 8.54. The average Bonchev–Trinajstić information content (AvgIpc) is 2.41. The summed E-state index contributed by atoms with van der Waals surface area (Å²) in [5.74, 6) is 1.00. The van der Waals surface area contributed by atoms with Gasteiger partial charge in [-0.25, -0.2) is 4.98 Å². The molecule has 0 spiro atoms. The predicted octanol–water partition coefficient (Wildman–Crippen LogP) is 2.13. The van der Waals surface area contributed by atoms with E-state index >= 15 is 0 Å². The fraction of sp³-hybridized carbons (Fsp3) is 0.714. The molecule has 1 aromatic rings. The summed E-state index contributed by atoms with van der Waals surface area (Å²) in [5.41, 5.74) is 7.32. The first-order valence-corrected chi connectivity index (χ1v) is 6.93. The normalized spacial score (nSPS) is 18.9. The van der Waals surface area contributed by atoms with Crippen molar-refractivity contribution in [2.45, 2.75) is 39.5 Å². The minimum absolute atomic E-state index is 0.364. The zero-order valence-corrected chi connectivity index (χ0v) is 11.5. The van der Waals surface area contributed by atoms with Crippen LogP contribution in [-0.2, 0) is 0 Å². The summed E-state index contributed by atoms with van der Waals surface area (Å²) >= 11 is 0. The largest absolute Gasteiger partial charge is 0.355 e. The molecule has 4 nitrogen and oxygen atoms in total. The van der Waals surface area contributed by atoms with Gasteiger partial charge in [-0.05, 0) is 38.1 Å². The quantitative estimate of drug-likeness (QED) is 0.887. The Morgan fingerprint density at radius 3 is 2.50 bits per heavy atom. The number of nitrogens with two attached hydrogens (primary N) is 1. The molecule has 1 aliphatic heterocycles. The lowest BCUT2D eigenvalue weighted by Crippen LogP contribution is -2.44. The first kappa shape index (κ1) is 13.3. The summed E-state index contributed by atoms with van der Waals surface area (Å²) in [6.45, 7) is 7.13. The second-order valence-electron chi connectivity index (χ2n) is 5.46. The topological polar surface area (TPSA) is 55.0 Å². The van der Waals surface area contributed by atoms with E-state index in [1.54, 1.807) is 0 Å². The molecule has 0 radical (unpaired) electrons. The third kappa shape index (κ3) is 2.80. The maximum atomic E-state index is 5.98. The first-order valence-electron chi connectivity index (χ1n) is 6.93. The fourth-order valence-electron chi connectivity index (χ4n) is 2.85. The van der Waals surface area contributed by atoms with Crippen molar-refractivity contribution >= 4 is 5.82 Å². The zero-order chi connectivity index (χ0) is 13.0. The number of rotatable bonds is 4. The van der Waals surface area contributed by atoms with Crippen molar-refractivity contribution in [3.8, 4) is 0 Å². The molecule has 0 saturated carbocycles. The summed E-state index contributed by atoms with van der Waals surface area (Å²) in [4.78, 5) is 11.1. The number of aryl methyl sites for hydroxylation is 1. The molecule has 100 valence electrons. The Kier molecular flexibility index (Phi) is 4.17. The lowest BCUT2D eigenvalue weighted by molar-refractivity contribution is 0.207. The van der Waals surface area contributed by atoms with Crippen molar-refractivity contribution in [3.05, 3.63) is 18.1 Å². The van der Waals surface area contributed by atoms with Crippen molar-refractivity contribution in [2.75, 3.05) is 24.5 Å². The number of piperidine rings is 1. The molecule has 0 aromatic carbocycles. The molecule has 2 N–H and O–H groups in total. The maximum absolute atomic E-state index is 5.98. The molecule has 0 atom stereocenters. The molecule has 0 amide bonds. The van der Waals surface area contributed by atoms with E-state index in [-0.39, 0.29) is 0 Å². The van der Waals surface area contributed by atoms with Crippen LogP contribution in [0.25, 0.3) is 0 Å². The fourth-order valence-corrected chi connectivity index (χ4v) is 2.85. The van der Waals surface area contributed by atoms with Gasteiger partial charge >= 0.3 is 0 Å². The van der Waals surface area contributed by atoms with Crippen molar-refractivity contribution < 1.29 is 0 Å². The van der Waals surface area contributed by atoms with Crippen molar-refractivity contribution in [1.82, 2.24) is 9.97 Å². The second-order valence-corrected chi connectivity index (χ2v) is 5.46. The zero-order valence-electron chi connectivity index (χ0n) is 11.5. The molecular weight excluding hydrogens is 224 g/mol. The Morgan fingerprint density at radius 1 is 1.28 bits per heavy atom. The monoisotopic (exact) mass is 248 g/mol. The lowest BCUT2D eigenvalue weighted by atomic mass is 9.75. The van der Waals surface area contributed by atoms with Crippen LogP contribution < -0.4 is 10.6 Å². The molecule has 0 bridgehead atoms. The van der Waals surface area contributed by atoms with Gasteiger partial charge in [0.1, 0.15) is 5.82 Å². The van der Waals surface area contributed by atoms with Gasteiger partial charge < -0.3 is 10.6 Å². The highest BCUT2D eigenvalue weighted by Crippen LogP contribution is 2.35. The summed E-state index contributed by atoms with van der Waals surface area (Å²) in [6, 6.07) is 0. The molecule has 2 heterocycles. The van der Waals surface area contributed by atoms with E-state index in [4.69, 9.17) is 5.73 Å². The molecule has 1 fully saturated rings. The van der Waals surface area contributed by atoms with Crippen LogP contribution in [-0.4, -0.2) is 29.6 Å². The van der Waals surface area contributed by atoms with Gasteiger partial charge in [0.15, 0.2) is 0 Å². The number of aromatic nitrogens is 2. The molecule has 1 aromatic heterocycles. The van der Waals surface area contributed by atoms with Gasteiger partial charge in [-0.2, -0.15) is 0 Å². The summed E-state index contributed by atoms with van der Waals surface area (Å²) < 4.78 is 0. The van der Waals surface area contributed by atoms with E-state index in [1.807, 2.05) is 19.3 Å². The van der Waals surface area contributed by atoms with Gasteiger partial charge in [-0.15, -0.1) is 0 Å². The Balaban J connectivity index is 1.99. The minimum Gasteiger partial charge on any atom is -0.355 e. The smallest absolute Gasteiger partial charge is 0.147 e. The SMILES string of the molecule is CCCC1(CN)CCN(c2cnc(C)cn2)CC1. The molecule has 0 aliphatic carbocycles. The Morgan fingerprint density at radius 2 is 2.00 bits per heavy atom. The van der Waals surface area contributed by atoms with E-state index in [0.29, 0.717) is 5.41 Å².